The van der Waals surface area contributed by atoms with E-state index in [9.17, 15) is 16.8 Å². The van der Waals surface area contributed by atoms with E-state index >= 15 is 0 Å². The Morgan fingerprint density at radius 1 is 0.889 bits per heavy atom. The second-order valence-electron chi connectivity index (χ2n) is 0.553. The lowest BCUT2D eigenvalue weighted by atomic mass is 11.3. The maximum Gasteiger partial charge on any atom is 0.276 e. The molecule has 0 aliphatic rings. The lowest BCUT2D eigenvalue weighted by Crippen LogP contribution is -1.58. The Labute approximate surface area is 55.5 Å². The van der Waals surface area contributed by atoms with Crippen LogP contribution in [0.25, 0.3) is 0 Å². The van der Waals surface area contributed by atoms with Crippen LogP contribution in [0.4, 0.5) is 0 Å². The molecule has 0 saturated carbocycles. The summed E-state index contributed by atoms with van der Waals surface area (Å²) in [5, 5.41) is 0. The largest absolute Gasteiger partial charge is 0.276 e. The van der Waals surface area contributed by atoms with E-state index in [2.05, 4.69) is 13.2 Å². The van der Waals surface area contributed by atoms with Crippen molar-refractivity contribution >= 4 is 24.9 Å². The zero-order valence-electron chi connectivity index (χ0n) is 4.36. The molecule has 9 heavy (non-hydrogen) atoms. The first kappa shape index (κ1) is 11.0. The van der Waals surface area contributed by atoms with Gasteiger partial charge in [0.05, 0.1) is 0 Å². The highest BCUT2D eigenvalue weighted by Crippen LogP contribution is 1.27. The Bertz CT molecular complexity index is 267. The Hall–Kier alpha value is -0.840. The Morgan fingerprint density at radius 3 is 1.11 bits per heavy atom. The minimum Gasteiger partial charge on any atom is -0.174 e. The topological polar surface area (TPSA) is 68.3 Å². The van der Waals surface area contributed by atoms with Gasteiger partial charge in [-0.1, -0.05) is 0 Å². The smallest absolute Gasteiger partial charge is 0.174 e. The molecule has 0 rings (SSSR count). The molecular weight excluding hydrogens is 164 g/mol. The maximum atomic E-state index is 9.31. The van der Waals surface area contributed by atoms with Gasteiger partial charge < -0.3 is 0 Å². The van der Waals surface area contributed by atoms with Crippen LogP contribution in [-0.4, -0.2) is 21.1 Å². The van der Waals surface area contributed by atoms with E-state index in [1.807, 2.05) is 0 Å². The maximum absolute atomic E-state index is 9.31. The quantitative estimate of drug-likeness (QED) is 0.350. The molecule has 0 amide bonds. The fourth-order valence-corrected chi connectivity index (χ4v) is 0.500. The first-order chi connectivity index (χ1) is 4.13. The molecule has 52 valence electrons. The molecule has 0 N–H and O–H groups in total. The predicted octanol–water partition coefficient (Wildman–Crippen LogP) is -0.817. The van der Waals surface area contributed by atoms with Crippen LogP contribution in [0.15, 0.2) is 13.2 Å². The van der Waals surface area contributed by atoms with Crippen LogP contribution in [0, 0.1) is 0 Å². The van der Waals surface area contributed by atoms with E-state index in [1.165, 1.54) is 0 Å². The van der Waals surface area contributed by atoms with Crippen LogP contribution in [0.1, 0.15) is 0 Å². The van der Waals surface area contributed by atoms with Crippen molar-refractivity contribution in [1.82, 2.24) is 0 Å². The van der Waals surface area contributed by atoms with Crippen molar-refractivity contribution in [2.24, 2.45) is 0 Å². The van der Waals surface area contributed by atoms with Crippen molar-refractivity contribution < 1.29 is 16.8 Å². The molecule has 0 spiro atoms. The first-order valence-electron chi connectivity index (χ1n) is 1.57. The van der Waals surface area contributed by atoms with Gasteiger partial charge in [0.25, 0.3) is 20.6 Å². The third-order valence-electron chi connectivity index (χ3n) is 0.136. The van der Waals surface area contributed by atoms with Crippen molar-refractivity contribution in [1.29, 1.82) is 0 Å². The summed E-state index contributed by atoms with van der Waals surface area (Å²) in [6.45, 7) is 6.00. The summed E-state index contributed by atoms with van der Waals surface area (Å²) in [7, 11) is -5.42. The fraction of sp³-hybridized carbons (Fsp3) is 0. The van der Waals surface area contributed by atoms with E-state index < -0.39 is 20.6 Å². The van der Waals surface area contributed by atoms with E-state index in [0.717, 1.165) is 4.31 Å². The van der Waals surface area contributed by atoms with Gasteiger partial charge >= 0.3 is 0 Å². The average molecular weight is 168 g/mol. The van der Waals surface area contributed by atoms with Gasteiger partial charge in [0.1, 0.15) is 4.31 Å². The van der Waals surface area contributed by atoms with Crippen molar-refractivity contribution in [2.75, 3.05) is 0 Å². The van der Waals surface area contributed by atoms with Crippen LogP contribution < -0.4 is 0 Å². The zero-order valence-corrected chi connectivity index (χ0v) is 6.00. The third kappa shape index (κ3) is 19.1. The summed E-state index contributed by atoms with van der Waals surface area (Å²) in [6.07, 6.45) is 0. The molecule has 0 aliphatic heterocycles. The van der Waals surface area contributed by atoms with Gasteiger partial charge in [-0.15, -0.1) is 13.2 Å². The molecule has 0 aromatic carbocycles. The van der Waals surface area contributed by atoms with Crippen molar-refractivity contribution in [3.63, 3.8) is 0 Å². The highest BCUT2D eigenvalue weighted by atomic mass is 32.2. The van der Waals surface area contributed by atoms with E-state index in [0.29, 0.717) is 0 Å². The van der Waals surface area contributed by atoms with E-state index in [4.69, 9.17) is 0 Å². The molecule has 4 nitrogen and oxygen atoms in total. The van der Waals surface area contributed by atoms with Gasteiger partial charge in [0.2, 0.25) is 0 Å². The summed E-state index contributed by atoms with van der Waals surface area (Å²) >= 11 is 0. The standard InChI is InChI=1S/C2H4.CO4S2/c1-2;2-6(3)1-7(4)5/h1-2H2;. The minimum atomic E-state index is -2.71. The van der Waals surface area contributed by atoms with Crippen LogP contribution in [0.5, 0.6) is 0 Å². The zero-order chi connectivity index (χ0) is 7.86. The minimum absolute atomic E-state index is 1.14. The Morgan fingerprint density at radius 2 is 1.11 bits per heavy atom. The summed E-state index contributed by atoms with van der Waals surface area (Å²) < 4.78 is 38.4. The molecule has 6 heteroatoms. The van der Waals surface area contributed by atoms with Crippen LogP contribution >= 0.6 is 0 Å². The molecule has 0 aliphatic carbocycles. The van der Waals surface area contributed by atoms with Crippen molar-refractivity contribution in [2.45, 2.75) is 0 Å². The molecule has 0 fully saturated rings. The predicted molar refractivity (Wildman–Crippen MR) is 34.1 cm³/mol. The van der Waals surface area contributed by atoms with Gasteiger partial charge in [0, 0.05) is 0 Å². The lowest BCUT2D eigenvalue weighted by Gasteiger charge is -1.30. The molecular formula is C3H4O4S2. The Balaban J connectivity index is 0. The molecule has 0 aromatic heterocycles. The number of rotatable bonds is 0. The van der Waals surface area contributed by atoms with Crippen LogP contribution in [-0.2, 0) is 20.6 Å². The highest BCUT2D eigenvalue weighted by Gasteiger charge is 1.56. The molecule has 0 atom stereocenters. The molecule has 0 bridgehead atoms. The Kier molecular flexibility index (Phi) is 8.77. The van der Waals surface area contributed by atoms with E-state index in [-0.39, 0.29) is 0 Å². The normalized spacial score (nSPS) is 5.78. The van der Waals surface area contributed by atoms with Gasteiger partial charge in [0.15, 0.2) is 0 Å². The molecule has 0 saturated heterocycles. The summed E-state index contributed by atoms with van der Waals surface area (Å²) in [4.78, 5) is 0. The van der Waals surface area contributed by atoms with Gasteiger partial charge in [-0.05, 0) is 0 Å². The van der Waals surface area contributed by atoms with Gasteiger partial charge in [-0.2, -0.15) is 16.8 Å². The van der Waals surface area contributed by atoms with Crippen molar-refractivity contribution in [3.05, 3.63) is 13.2 Å². The molecule has 0 aromatic rings. The highest BCUT2D eigenvalue weighted by molar-refractivity contribution is 7.86. The number of hydrogen-bond donors (Lipinski definition) is 0. The number of hydrogen-bond acceptors (Lipinski definition) is 4. The molecule has 0 heterocycles. The third-order valence-corrected chi connectivity index (χ3v) is 1.22. The lowest BCUT2D eigenvalue weighted by molar-refractivity contribution is 0.627. The fourth-order valence-electron chi connectivity index (χ4n) is 0.0556. The van der Waals surface area contributed by atoms with Crippen LogP contribution in [0.3, 0.4) is 0 Å². The van der Waals surface area contributed by atoms with Gasteiger partial charge in [-0.25, -0.2) is 0 Å². The monoisotopic (exact) mass is 168 g/mol. The average Bonchev–Trinajstić information content (AvgIpc) is 1.68. The first-order valence-corrected chi connectivity index (χ1v) is 3.72. The second-order valence-corrected chi connectivity index (χ2v) is 2.16. The summed E-state index contributed by atoms with van der Waals surface area (Å²) in [5.74, 6) is 0. The van der Waals surface area contributed by atoms with E-state index in [1.54, 1.807) is 0 Å². The summed E-state index contributed by atoms with van der Waals surface area (Å²) in [5.41, 5.74) is 0. The molecule has 0 radical (unpaired) electrons. The van der Waals surface area contributed by atoms with Gasteiger partial charge in [-0.3, -0.25) is 0 Å². The summed E-state index contributed by atoms with van der Waals surface area (Å²) in [6, 6.07) is 0. The molecule has 0 unspecified atom stereocenters. The van der Waals surface area contributed by atoms with Crippen molar-refractivity contribution in [3.8, 4) is 0 Å². The second kappa shape index (κ2) is 7.16. The SMILES string of the molecule is C=C.O=S(=O)=C=S(=O)=O. The van der Waals surface area contributed by atoms with Crippen LogP contribution in [0.2, 0.25) is 0 Å².